The van der Waals surface area contributed by atoms with Gasteiger partial charge < -0.3 is 21.1 Å². The summed E-state index contributed by atoms with van der Waals surface area (Å²) in [5, 5.41) is 5.97. The van der Waals surface area contributed by atoms with Gasteiger partial charge in [-0.3, -0.25) is 9.59 Å². The standard InChI is InChI=1S/C13H18N4O3.2ClH/c1-20-13-10(11(14)18)6-9(7-16-13)17-12(19)8-2-4-15-5-3-8;;/h6-8,15H,2-5H2,1H3,(H2,14,18)(H,17,19);2*1H. The Bertz CT molecular complexity index is 522. The van der Waals surface area contributed by atoms with Crippen LogP contribution in [0.3, 0.4) is 0 Å². The average molecular weight is 351 g/mol. The number of rotatable bonds is 4. The van der Waals surface area contributed by atoms with Crippen molar-refractivity contribution in [3.05, 3.63) is 17.8 Å². The smallest absolute Gasteiger partial charge is 0.254 e. The van der Waals surface area contributed by atoms with Crippen LogP contribution in [-0.4, -0.2) is 37.0 Å². The third-order valence-corrected chi connectivity index (χ3v) is 3.29. The van der Waals surface area contributed by atoms with Gasteiger partial charge in [-0.1, -0.05) is 0 Å². The molecule has 2 rings (SSSR count). The Morgan fingerprint density at radius 1 is 1.36 bits per heavy atom. The number of hydrogen-bond acceptors (Lipinski definition) is 5. The second-order valence-electron chi connectivity index (χ2n) is 4.66. The highest BCUT2D eigenvalue weighted by molar-refractivity contribution is 5.98. The van der Waals surface area contributed by atoms with Crippen molar-refractivity contribution < 1.29 is 14.3 Å². The maximum Gasteiger partial charge on any atom is 0.254 e. The molecule has 0 aliphatic carbocycles. The molecule has 1 aromatic heterocycles. The molecule has 0 aromatic carbocycles. The lowest BCUT2D eigenvalue weighted by Crippen LogP contribution is -2.34. The molecular weight excluding hydrogens is 331 g/mol. The highest BCUT2D eigenvalue weighted by Crippen LogP contribution is 2.20. The predicted octanol–water partition coefficient (Wildman–Crippen LogP) is 0.971. The first-order valence-electron chi connectivity index (χ1n) is 6.47. The van der Waals surface area contributed by atoms with Crippen LogP contribution in [0.15, 0.2) is 12.3 Å². The van der Waals surface area contributed by atoms with Gasteiger partial charge >= 0.3 is 0 Å². The van der Waals surface area contributed by atoms with Crippen molar-refractivity contribution in [2.75, 3.05) is 25.5 Å². The monoisotopic (exact) mass is 350 g/mol. The van der Waals surface area contributed by atoms with Crippen molar-refractivity contribution in [2.24, 2.45) is 11.7 Å². The number of ether oxygens (including phenoxy) is 1. The Morgan fingerprint density at radius 2 is 2.00 bits per heavy atom. The molecule has 0 bridgehead atoms. The van der Waals surface area contributed by atoms with Crippen molar-refractivity contribution in [2.45, 2.75) is 12.8 Å². The third-order valence-electron chi connectivity index (χ3n) is 3.29. The number of methoxy groups -OCH3 is 1. The van der Waals surface area contributed by atoms with Crippen molar-refractivity contribution in [1.82, 2.24) is 10.3 Å². The summed E-state index contributed by atoms with van der Waals surface area (Å²) in [5.74, 6) is -0.575. The Hall–Kier alpha value is -1.57. The molecular formula is C13H20Cl2N4O3. The summed E-state index contributed by atoms with van der Waals surface area (Å²) in [6.07, 6.45) is 3.06. The van der Waals surface area contributed by atoms with E-state index in [4.69, 9.17) is 10.5 Å². The predicted molar refractivity (Wildman–Crippen MR) is 88.0 cm³/mol. The summed E-state index contributed by atoms with van der Waals surface area (Å²) in [6.45, 7) is 1.68. The van der Waals surface area contributed by atoms with E-state index in [2.05, 4.69) is 15.6 Å². The highest BCUT2D eigenvalue weighted by atomic mass is 35.5. The number of primary amides is 1. The van der Waals surface area contributed by atoms with E-state index in [9.17, 15) is 9.59 Å². The molecule has 7 nitrogen and oxygen atoms in total. The number of nitrogens with two attached hydrogens (primary N) is 1. The second kappa shape index (κ2) is 9.45. The fourth-order valence-electron chi connectivity index (χ4n) is 2.19. The molecule has 0 unspecified atom stereocenters. The average Bonchev–Trinajstić information content (AvgIpc) is 2.48. The zero-order valence-corrected chi connectivity index (χ0v) is 13.8. The molecule has 22 heavy (non-hydrogen) atoms. The largest absolute Gasteiger partial charge is 0.480 e. The Morgan fingerprint density at radius 3 is 2.55 bits per heavy atom. The van der Waals surface area contributed by atoms with Crippen LogP contribution >= 0.6 is 24.8 Å². The zero-order chi connectivity index (χ0) is 14.5. The second-order valence-corrected chi connectivity index (χ2v) is 4.66. The molecule has 124 valence electrons. The lowest BCUT2D eigenvalue weighted by atomic mass is 9.97. The lowest BCUT2D eigenvalue weighted by molar-refractivity contribution is -0.120. The van der Waals surface area contributed by atoms with E-state index in [0.717, 1.165) is 25.9 Å². The lowest BCUT2D eigenvalue weighted by Gasteiger charge is -2.21. The number of amides is 2. The molecule has 0 spiro atoms. The molecule has 1 saturated heterocycles. The van der Waals surface area contributed by atoms with Gasteiger partial charge in [0.05, 0.1) is 19.0 Å². The minimum absolute atomic E-state index is 0. The summed E-state index contributed by atoms with van der Waals surface area (Å²) in [7, 11) is 1.40. The Balaban J connectivity index is 0.00000220. The summed E-state index contributed by atoms with van der Waals surface area (Å²) in [6, 6.07) is 1.48. The van der Waals surface area contributed by atoms with Crippen molar-refractivity contribution in [3.63, 3.8) is 0 Å². The fourth-order valence-corrected chi connectivity index (χ4v) is 2.19. The molecule has 1 aromatic rings. The summed E-state index contributed by atoms with van der Waals surface area (Å²) in [5.41, 5.74) is 5.85. The SMILES string of the molecule is COc1ncc(NC(=O)C2CCNCC2)cc1C(N)=O.Cl.Cl. The number of nitrogens with zero attached hydrogens (tertiary/aromatic N) is 1. The summed E-state index contributed by atoms with van der Waals surface area (Å²) >= 11 is 0. The number of piperidine rings is 1. The fraction of sp³-hybridized carbons (Fsp3) is 0.462. The van der Waals surface area contributed by atoms with Crippen molar-refractivity contribution >= 4 is 42.3 Å². The van der Waals surface area contributed by atoms with Crippen LogP contribution < -0.4 is 21.1 Å². The molecule has 0 atom stereocenters. The number of carbonyl (C=O) groups is 2. The number of nitrogens with one attached hydrogen (secondary N) is 2. The molecule has 2 heterocycles. The van der Waals surface area contributed by atoms with E-state index in [1.807, 2.05) is 0 Å². The normalized spacial score (nSPS) is 14.2. The molecule has 1 aliphatic rings. The number of aromatic nitrogens is 1. The van der Waals surface area contributed by atoms with Crippen LogP contribution in [0.4, 0.5) is 5.69 Å². The van der Waals surface area contributed by atoms with Crippen LogP contribution in [0.5, 0.6) is 5.88 Å². The van der Waals surface area contributed by atoms with Crippen LogP contribution in [0.2, 0.25) is 0 Å². The number of pyridine rings is 1. The molecule has 0 radical (unpaired) electrons. The molecule has 2 amide bonds. The van der Waals surface area contributed by atoms with Gasteiger partial charge in [-0.15, -0.1) is 24.8 Å². The maximum absolute atomic E-state index is 12.1. The third kappa shape index (κ3) is 5.01. The van der Waals surface area contributed by atoms with Gasteiger partial charge in [0, 0.05) is 5.92 Å². The summed E-state index contributed by atoms with van der Waals surface area (Å²) in [4.78, 5) is 27.4. The minimum atomic E-state index is -0.646. The van der Waals surface area contributed by atoms with Crippen LogP contribution in [0, 0.1) is 5.92 Å². The van der Waals surface area contributed by atoms with Gasteiger partial charge in [-0.25, -0.2) is 4.98 Å². The van der Waals surface area contributed by atoms with Gasteiger partial charge in [0.1, 0.15) is 5.56 Å². The highest BCUT2D eigenvalue weighted by Gasteiger charge is 2.21. The van der Waals surface area contributed by atoms with Crippen molar-refractivity contribution in [1.29, 1.82) is 0 Å². The van der Waals surface area contributed by atoms with E-state index in [1.165, 1.54) is 19.4 Å². The van der Waals surface area contributed by atoms with Gasteiger partial charge in [0.2, 0.25) is 11.8 Å². The van der Waals surface area contributed by atoms with Crippen LogP contribution in [-0.2, 0) is 4.79 Å². The van der Waals surface area contributed by atoms with E-state index in [1.54, 1.807) is 0 Å². The first kappa shape index (κ1) is 20.4. The first-order chi connectivity index (χ1) is 9.61. The number of halogens is 2. The van der Waals surface area contributed by atoms with Gasteiger partial charge in [0.25, 0.3) is 5.91 Å². The molecule has 9 heteroatoms. The van der Waals surface area contributed by atoms with Gasteiger partial charge in [-0.2, -0.15) is 0 Å². The first-order valence-corrected chi connectivity index (χ1v) is 6.47. The quantitative estimate of drug-likeness (QED) is 0.750. The van der Waals surface area contributed by atoms with E-state index in [-0.39, 0.29) is 48.1 Å². The van der Waals surface area contributed by atoms with Crippen molar-refractivity contribution in [3.8, 4) is 5.88 Å². The van der Waals surface area contributed by atoms with E-state index in [0.29, 0.717) is 5.69 Å². The number of anilines is 1. The zero-order valence-electron chi connectivity index (χ0n) is 12.1. The maximum atomic E-state index is 12.1. The summed E-state index contributed by atoms with van der Waals surface area (Å²) < 4.78 is 4.95. The van der Waals surface area contributed by atoms with Crippen LogP contribution in [0.25, 0.3) is 0 Å². The number of hydrogen-bond donors (Lipinski definition) is 3. The van der Waals surface area contributed by atoms with E-state index >= 15 is 0 Å². The molecule has 1 fully saturated rings. The molecule has 0 saturated carbocycles. The molecule has 4 N–H and O–H groups in total. The van der Waals surface area contributed by atoms with E-state index < -0.39 is 5.91 Å². The number of carbonyl (C=O) groups excluding carboxylic acids is 2. The molecule has 1 aliphatic heterocycles. The van der Waals surface area contributed by atoms with Gasteiger partial charge in [-0.05, 0) is 32.0 Å². The van der Waals surface area contributed by atoms with Gasteiger partial charge in [0.15, 0.2) is 0 Å². The Labute approximate surface area is 141 Å². The van der Waals surface area contributed by atoms with Crippen LogP contribution in [0.1, 0.15) is 23.2 Å². The Kier molecular flexibility index (Phi) is 8.77. The minimum Gasteiger partial charge on any atom is -0.480 e. The topological polar surface area (TPSA) is 106 Å².